The lowest BCUT2D eigenvalue weighted by Gasteiger charge is -2.47. The van der Waals surface area contributed by atoms with Crippen molar-refractivity contribution in [3.05, 3.63) is 29.3 Å². The molecule has 3 aliphatic rings. The maximum Gasteiger partial charge on any atom is 0.239 e. The van der Waals surface area contributed by atoms with E-state index in [1.165, 1.54) is 6.26 Å². The van der Waals surface area contributed by atoms with Gasteiger partial charge in [-0.05, 0) is 43.4 Å². The molecule has 0 bridgehead atoms. The Morgan fingerprint density at radius 2 is 1.86 bits per heavy atom. The Morgan fingerprint density at radius 1 is 1.14 bits per heavy atom. The number of fused-ring (bicyclic) bond motifs is 1. The molecule has 1 aromatic rings. The Kier molecular flexibility index (Phi) is 8.01. The van der Waals surface area contributed by atoms with Crippen LogP contribution in [0.25, 0.3) is 0 Å². The van der Waals surface area contributed by atoms with Crippen LogP contribution in [0, 0.1) is 12.8 Å². The first-order valence-electron chi connectivity index (χ1n) is 12.6. The molecule has 1 aliphatic carbocycles. The molecule has 2 aliphatic heterocycles. The summed E-state index contributed by atoms with van der Waals surface area (Å²) in [7, 11) is -3.29. The Balaban J connectivity index is 1.29. The highest BCUT2D eigenvalue weighted by atomic mass is 32.2. The fourth-order valence-corrected chi connectivity index (χ4v) is 6.70. The minimum atomic E-state index is -3.29. The highest BCUT2D eigenvalue weighted by Crippen LogP contribution is 2.32. The molecule has 2 saturated heterocycles. The van der Waals surface area contributed by atoms with Gasteiger partial charge < -0.3 is 15.1 Å². The van der Waals surface area contributed by atoms with Crippen LogP contribution in [0.3, 0.4) is 0 Å². The number of aryl methyl sites for hydroxylation is 1. The number of benzene rings is 1. The maximum atomic E-state index is 13.3. The van der Waals surface area contributed by atoms with Crippen molar-refractivity contribution in [3.8, 4) is 0 Å². The van der Waals surface area contributed by atoms with E-state index >= 15 is 0 Å². The van der Waals surface area contributed by atoms with Crippen LogP contribution in [0.4, 0.5) is 0 Å². The Bertz CT molecular complexity index is 1120. The van der Waals surface area contributed by atoms with Crippen LogP contribution in [0.1, 0.15) is 37.3 Å². The van der Waals surface area contributed by atoms with E-state index in [2.05, 4.69) is 15.5 Å². The number of rotatable bonds is 6. The fourth-order valence-electron chi connectivity index (χ4n) is 5.74. The molecule has 0 radical (unpaired) electrons. The minimum Gasteiger partial charge on any atom is -0.350 e. The number of nitrogens with zero attached hydrogens (tertiary/aromatic N) is 3. The summed E-state index contributed by atoms with van der Waals surface area (Å²) in [5, 5.41) is 6.30. The second-order valence-electron chi connectivity index (χ2n) is 10.3. The zero-order valence-electron chi connectivity index (χ0n) is 21.3. The third-order valence-electron chi connectivity index (χ3n) is 7.73. The van der Waals surface area contributed by atoms with Crippen molar-refractivity contribution in [1.29, 1.82) is 0 Å². The van der Waals surface area contributed by atoms with Crippen LogP contribution in [0.2, 0.25) is 0 Å². The summed E-state index contributed by atoms with van der Waals surface area (Å²) < 4.78 is 23.6. The van der Waals surface area contributed by atoms with Crippen LogP contribution in [0.15, 0.2) is 23.1 Å². The number of carbonyl (C=O) groups is 3. The molecule has 3 atom stereocenters. The summed E-state index contributed by atoms with van der Waals surface area (Å²) in [5.74, 6) is -0.266. The molecule has 198 valence electrons. The van der Waals surface area contributed by atoms with E-state index in [-0.39, 0.29) is 47.7 Å². The normalized spacial score (nSPS) is 25.4. The summed E-state index contributed by atoms with van der Waals surface area (Å²) in [6.07, 6.45) is 3.89. The molecule has 0 aromatic heterocycles. The molecule has 1 saturated carbocycles. The fraction of sp³-hybridized carbons (Fsp3) is 0.640. The Labute approximate surface area is 213 Å². The predicted octanol–water partition coefficient (Wildman–Crippen LogP) is 0.105. The van der Waals surface area contributed by atoms with Crippen molar-refractivity contribution in [2.75, 3.05) is 45.6 Å². The third-order valence-corrected chi connectivity index (χ3v) is 8.99. The van der Waals surface area contributed by atoms with Gasteiger partial charge in [0.15, 0.2) is 9.84 Å². The van der Waals surface area contributed by atoms with E-state index in [4.69, 9.17) is 0 Å². The number of sulfone groups is 1. The highest BCUT2D eigenvalue weighted by molar-refractivity contribution is 7.90. The van der Waals surface area contributed by atoms with Crippen molar-refractivity contribution in [1.82, 2.24) is 25.3 Å². The molecule has 11 heteroatoms. The molecule has 36 heavy (non-hydrogen) atoms. The molecule has 2 N–H and O–H groups in total. The van der Waals surface area contributed by atoms with Crippen molar-refractivity contribution >= 4 is 27.6 Å². The second kappa shape index (κ2) is 10.9. The Morgan fingerprint density at radius 3 is 2.50 bits per heavy atom. The number of hydrogen-bond acceptors (Lipinski definition) is 7. The molecule has 2 heterocycles. The van der Waals surface area contributed by atoms with E-state index in [1.54, 1.807) is 36.9 Å². The molecule has 3 fully saturated rings. The SMILES string of the molecule is CC(=O)N1CCN(C2CCC3NCN(CC(=O)NCc4ccc(S(C)(=O)=O)c(C)c4)C(=O)C3C2)CC1. The molecule has 4 rings (SSSR count). The summed E-state index contributed by atoms with van der Waals surface area (Å²) in [6.45, 7) is 7.07. The first kappa shape index (κ1) is 26.6. The first-order valence-corrected chi connectivity index (χ1v) is 14.5. The van der Waals surface area contributed by atoms with Gasteiger partial charge in [-0.2, -0.15) is 0 Å². The number of piperazine rings is 1. The topological polar surface area (TPSA) is 119 Å². The molecule has 3 unspecified atom stereocenters. The van der Waals surface area contributed by atoms with E-state index in [0.717, 1.165) is 51.0 Å². The Hall–Kier alpha value is -2.50. The van der Waals surface area contributed by atoms with Crippen LogP contribution in [-0.2, 0) is 30.8 Å². The van der Waals surface area contributed by atoms with Crippen LogP contribution >= 0.6 is 0 Å². The standard InChI is InChI=1S/C25H37N5O5S/c1-17-12-19(4-7-23(17)36(3,34)35)14-26-24(32)15-30-16-27-22-6-5-20(13-21(22)25(30)33)29-10-8-28(9-11-29)18(2)31/h4,7,12,20-22,27H,5-6,8-11,13-16H2,1-3H3,(H,26,32). The maximum absolute atomic E-state index is 13.3. The molecule has 3 amide bonds. The molecule has 0 spiro atoms. The van der Waals surface area contributed by atoms with Gasteiger partial charge in [-0.15, -0.1) is 0 Å². The number of hydrogen-bond donors (Lipinski definition) is 2. The average molecular weight is 520 g/mol. The quantitative estimate of drug-likeness (QED) is 0.547. The summed E-state index contributed by atoms with van der Waals surface area (Å²) in [6, 6.07) is 5.47. The first-order chi connectivity index (χ1) is 17.0. The van der Waals surface area contributed by atoms with E-state index < -0.39 is 9.84 Å². The van der Waals surface area contributed by atoms with Crippen molar-refractivity contribution in [3.63, 3.8) is 0 Å². The number of carbonyl (C=O) groups excluding carboxylic acids is 3. The van der Waals surface area contributed by atoms with Crippen molar-refractivity contribution in [2.45, 2.75) is 56.6 Å². The average Bonchev–Trinajstić information content (AvgIpc) is 2.83. The lowest BCUT2D eigenvalue weighted by atomic mass is 9.79. The lowest BCUT2D eigenvalue weighted by Crippen LogP contribution is -2.62. The third kappa shape index (κ3) is 6.07. The van der Waals surface area contributed by atoms with Gasteiger partial charge in [0.1, 0.15) is 6.54 Å². The lowest BCUT2D eigenvalue weighted by molar-refractivity contribution is -0.146. The highest BCUT2D eigenvalue weighted by Gasteiger charge is 2.42. The molecular formula is C25H37N5O5S. The van der Waals surface area contributed by atoms with Gasteiger partial charge in [-0.3, -0.25) is 24.6 Å². The zero-order chi connectivity index (χ0) is 26.0. The largest absolute Gasteiger partial charge is 0.350 e. The zero-order valence-corrected chi connectivity index (χ0v) is 22.1. The monoisotopic (exact) mass is 519 g/mol. The van der Waals surface area contributed by atoms with Gasteiger partial charge in [0.25, 0.3) is 0 Å². The summed E-state index contributed by atoms with van der Waals surface area (Å²) in [5.41, 5.74) is 1.44. The molecular weight excluding hydrogens is 482 g/mol. The molecule has 10 nitrogen and oxygen atoms in total. The van der Waals surface area contributed by atoms with Gasteiger partial charge in [0.2, 0.25) is 17.7 Å². The van der Waals surface area contributed by atoms with Gasteiger partial charge >= 0.3 is 0 Å². The summed E-state index contributed by atoms with van der Waals surface area (Å²) in [4.78, 5) is 43.7. The number of nitrogens with one attached hydrogen (secondary N) is 2. The van der Waals surface area contributed by atoms with Crippen molar-refractivity contribution < 1.29 is 22.8 Å². The smallest absolute Gasteiger partial charge is 0.239 e. The van der Waals surface area contributed by atoms with Gasteiger partial charge in [-0.1, -0.05) is 12.1 Å². The van der Waals surface area contributed by atoms with Crippen LogP contribution in [-0.4, -0.2) is 98.6 Å². The number of amides is 3. The minimum absolute atomic E-state index is 0.0165. The van der Waals surface area contributed by atoms with Gasteiger partial charge in [0, 0.05) is 58.0 Å². The second-order valence-corrected chi connectivity index (χ2v) is 12.3. The van der Waals surface area contributed by atoms with E-state index in [0.29, 0.717) is 18.3 Å². The van der Waals surface area contributed by atoms with Crippen LogP contribution < -0.4 is 10.6 Å². The summed E-state index contributed by atoms with van der Waals surface area (Å²) >= 11 is 0. The van der Waals surface area contributed by atoms with E-state index in [9.17, 15) is 22.8 Å². The van der Waals surface area contributed by atoms with Gasteiger partial charge in [-0.25, -0.2) is 8.42 Å². The molecule has 1 aromatic carbocycles. The van der Waals surface area contributed by atoms with Crippen LogP contribution in [0.5, 0.6) is 0 Å². The van der Waals surface area contributed by atoms with Crippen molar-refractivity contribution in [2.24, 2.45) is 5.92 Å². The van der Waals surface area contributed by atoms with Gasteiger partial charge in [0.05, 0.1) is 17.5 Å². The predicted molar refractivity (Wildman–Crippen MR) is 135 cm³/mol. The van der Waals surface area contributed by atoms with E-state index in [1.807, 2.05) is 4.90 Å².